The number of ketones is 1. The van der Waals surface area contributed by atoms with Gasteiger partial charge in [-0.2, -0.15) is 0 Å². The SMILES string of the molecule is CNCCCCCCCCCCCCC(C)=O. The van der Waals surface area contributed by atoms with Gasteiger partial charge in [0, 0.05) is 6.42 Å². The largest absolute Gasteiger partial charge is 0.320 e. The van der Waals surface area contributed by atoms with Gasteiger partial charge in [-0.3, -0.25) is 0 Å². The van der Waals surface area contributed by atoms with E-state index in [4.69, 9.17) is 0 Å². The number of carbonyl (C=O) groups excluding carboxylic acids is 1. The van der Waals surface area contributed by atoms with Crippen molar-refractivity contribution in [3.05, 3.63) is 0 Å². The Morgan fingerprint density at radius 3 is 1.59 bits per heavy atom. The summed E-state index contributed by atoms with van der Waals surface area (Å²) in [5.41, 5.74) is 0. The van der Waals surface area contributed by atoms with Crippen LogP contribution in [-0.2, 0) is 4.79 Å². The Morgan fingerprint density at radius 2 is 1.18 bits per heavy atom. The van der Waals surface area contributed by atoms with Crippen molar-refractivity contribution in [3.8, 4) is 0 Å². The average Bonchev–Trinajstić information content (AvgIpc) is 2.30. The summed E-state index contributed by atoms with van der Waals surface area (Å²) in [4.78, 5) is 10.7. The van der Waals surface area contributed by atoms with Crippen LogP contribution in [0.4, 0.5) is 0 Å². The third kappa shape index (κ3) is 15.6. The monoisotopic (exact) mass is 241 g/mol. The molecular formula is C15H31NO. The molecule has 0 unspecified atom stereocenters. The Morgan fingerprint density at radius 1 is 0.765 bits per heavy atom. The molecule has 0 bridgehead atoms. The maximum absolute atomic E-state index is 10.7. The van der Waals surface area contributed by atoms with Gasteiger partial charge in [0.25, 0.3) is 0 Å². The molecule has 0 aliphatic rings. The predicted octanol–water partition coefficient (Wildman–Crippen LogP) is 4.09. The van der Waals surface area contributed by atoms with Crippen molar-refractivity contribution in [2.45, 2.75) is 77.6 Å². The van der Waals surface area contributed by atoms with Gasteiger partial charge in [0.15, 0.2) is 0 Å². The molecule has 0 atom stereocenters. The van der Waals surface area contributed by atoms with Crippen LogP contribution in [0.15, 0.2) is 0 Å². The maximum Gasteiger partial charge on any atom is 0.129 e. The van der Waals surface area contributed by atoms with E-state index in [-0.39, 0.29) is 0 Å². The zero-order valence-corrected chi connectivity index (χ0v) is 11.9. The average molecular weight is 241 g/mol. The van der Waals surface area contributed by atoms with Gasteiger partial charge >= 0.3 is 0 Å². The molecule has 0 heterocycles. The third-order valence-electron chi connectivity index (χ3n) is 3.21. The quantitative estimate of drug-likeness (QED) is 0.492. The minimum Gasteiger partial charge on any atom is -0.320 e. The van der Waals surface area contributed by atoms with Gasteiger partial charge in [-0.25, -0.2) is 0 Å². The molecule has 0 saturated carbocycles. The van der Waals surface area contributed by atoms with Crippen LogP contribution >= 0.6 is 0 Å². The Kier molecular flexibility index (Phi) is 13.4. The van der Waals surface area contributed by atoms with Gasteiger partial charge in [-0.1, -0.05) is 51.4 Å². The molecule has 0 aromatic heterocycles. The topological polar surface area (TPSA) is 29.1 Å². The first-order chi connectivity index (χ1) is 8.27. The fourth-order valence-electron chi connectivity index (χ4n) is 2.09. The van der Waals surface area contributed by atoms with Gasteiger partial charge in [0.2, 0.25) is 0 Å². The second-order valence-electron chi connectivity index (χ2n) is 5.09. The van der Waals surface area contributed by atoms with Gasteiger partial charge < -0.3 is 10.1 Å². The Labute approximate surface area is 108 Å². The molecule has 17 heavy (non-hydrogen) atoms. The van der Waals surface area contributed by atoms with Crippen LogP contribution in [0.2, 0.25) is 0 Å². The van der Waals surface area contributed by atoms with Gasteiger partial charge in [-0.15, -0.1) is 0 Å². The highest BCUT2D eigenvalue weighted by atomic mass is 16.1. The second kappa shape index (κ2) is 13.7. The zero-order chi connectivity index (χ0) is 12.8. The van der Waals surface area contributed by atoms with Crippen molar-refractivity contribution in [3.63, 3.8) is 0 Å². The summed E-state index contributed by atoms with van der Waals surface area (Å²) in [6.07, 6.45) is 14.1. The first-order valence-corrected chi connectivity index (χ1v) is 7.41. The molecule has 102 valence electrons. The van der Waals surface area contributed by atoms with Crippen molar-refractivity contribution in [1.82, 2.24) is 5.32 Å². The highest BCUT2D eigenvalue weighted by Crippen LogP contribution is 2.11. The van der Waals surface area contributed by atoms with Crippen LogP contribution in [0.5, 0.6) is 0 Å². The Hall–Kier alpha value is -0.370. The first-order valence-electron chi connectivity index (χ1n) is 7.41. The number of Topliss-reactive ketones (excluding diaryl/α,β-unsaturated/α-hetero) is 1. The Bertz CT molecular complexity index is 168. The van der Waals surface area contributed by atoms with Gasteiger partial charge in [0.1, 0.15) is 5.78 Å². The lowest BCUT2D eigenvalue weighted by Gasteiger charge is -2.02. The van der Waals surface area contributed by atoms with Crippen molar-refractivity contribution in [1.29, 1.82) is 0 Å². The molecule has 2 nitrogen and oxygen atoms in total. The molecule has 0 aliphatic heterocycles. The molecule has 0 spiro atoms. The van der Waals surface area contributed by atoms with E-state index in [0.29, 0.717) is 5.78 Å². The smallest absolute Gasteiger partial charge is 0.129 e. The van der Waals surface area contributed by atoms with Crippen LogP contribution in [-0.4, -0.2) is 19.4 Å². The number of rotatable bonds is 13. The molecule has 2 heteroatoms. The summed E-state index contributed by atoms with van der Waals surface area (Å²) in [7, 11) is 2.02. The highest BCUT2D eigenvalue weighted by Gasteiger charge is 1.95. The summed E-state index contributed by atoms with van der Waals surface area (Å²) in [5, 5.41) is 3.18. The van der Waals surface area contributed by atoms with E-state index in [0.717, 1.165) is 19.4 Å². The van der Waals surface area contributed by atoms with Crippen molar-refractivity contribution < 1.29 is 4.79 Å². The number of unbranched alkanes of at least 4 members (excludes halogenated alkanes) is 9. The van der Waals surface area contributed by atoms with Gasteiger partial charge in [0.05, 0.1) is 0 Å². The van der Waals surface area contributed by atoms with Crippen LogP contribution in [0.1, 0.15) is 77.6 Å². The molecule has 0 aromatic rings. The first kappa shape index (κ1) is 16.6. The fourth-order valence-corrected chi connectivity index (χ4v) is 2.09. The second-order valence-corrected chi connectivity index (χ2v) is 5.09. The summed E-state index contributed by atoms with van der Waals surface area (Å²) in [6.45, 7) is 2.85. The molecular weight excluding hydrogens is 210 g/mol. The normalized spacial score (nSPS) is 10.7. The van der Waals surface area contributed by atoms with Gasteiger partial charge in [-0.05, 0) is 33.4 Å². The van der Waals surface area contributed by atoms with E-state index < -0.39 is 0 Å². The summed E-state index contributed by atoms with van der Waals surface area (Å²) < 4.78 is 0. The summed E-state index contributed by atoms with van der Waals surface area (Å²) >= 11 is 0. The summed E-state index contributed by atoms with van der Waals surface area (Å²) in [6, 6.07) is 0. The van der Waals surface area contributed by atoms with Crippen LogP contribution in [0.25, 0.3) is 0 Å². The zero-order valence-electron chi connectivity index (χ0n) is 11.9. The van der Waals surface area contributed by atoms with Crippen LogP contribution in [0, 0.1) is 0 Å². The van der Waals surface area contributed by atoms with Crippen LogP contribution < -0.4 is 5.32 Å². The molecule has 0 aromatic carbocycles. The van der Waals surface area contributed by atoms with E-state index in [1.165, 1.54) is 57.8 Å². The predicted molar refractivity (Wildman–Crippen MR) is 75.4 cm³/mol. The lowest BCUT2D eigenvalue weighted by molar-refractivity contribution is -0.117. The Balaban J connectivity index is 2.91. The van der Waals surface area contributed by atoms with E-state index in [9.17, 15) is 4.79 Å². The molecule has 0 fully saturated rings. The molecule has 0 aliphatic carbocycles. The number of carbonyl (C=O) groups is 1. The van der Waals surface area contributed by atoms with E-state index in [1.54, 1.807) is 6.92 Å². The van der Waals surface area contributed by atoms with Crippen molar-refractivity contribution in [2.24, 2.45) is 0 Å². The number of hydrogen-bond donors (Lipinski definition) is 1. The minimum absolute atomic E-state index is 0.339. The highest BCUT2D eigenvalue weighted by molar-refractivity contribution is 5.75. The lowest BCUT2D eigenvalue weighted by Crippen LogP contribution is -2.06. The lowest BCUT2D eigenvalue weighted by atomic mass is 10.1. The molecule has 1 N–H and O–H groups in total. The molecule has 0 amide bonds. The molecule has 0 radical (unpaired) electrons. The minimum atomic E-state index is 0.339. The maximum atomic E-state index is 10.7. The third-order valence-corrected chi connectivity index (χ3v) is 3.21. The van der Waals surface area contributed by atoms with Crippen LogP contribution in [0.3, 0.4) is 0 Å². The number of nitrogens with one attached hydrogen (secondary N) is 1. The van der Waals surface area contributed by atoms with E-state index >= 15 is 0 Å². The fraction of sp³-hybridized carbons (Fsp3) is 0.933. The molecule has 0 rings (SSSR count). The van der Waals surface area contributed by atoms with E-state index in [2.05, 4.69) is 5.32 Å². The standard InChI is InChI=1S/C15H31NO/c1-15(17)13-11-9-7-5-3-4-6-8-10-12-14-16-2/h16H,3-14H2,1-2H3. The van der Waals surface area contributed by atoms with E-state index in [1.807, 2.05) is 7.05 Å². The molecule has 0 saturated heterocycles. The van der Waals surface area contributed by atoms with Crippen molar-refractivity contribution in [2.75, 3.05) is 13.6 Å². The summed E-state index contributed by atoms with van der Waals surface area (Å²) in [5.74, 6) is 0.339. The number of hydrogen-bond acceptors (Lipinski definition) is 2. The van der Waals surface area contributed by atoms with Crippen molar-refractivity contribution >= 4 is 5.78 Å².